The Balaban J connectivity index is 1.21. The predicted molar refractivity (Wildman–Crippen MR) is 155 cm³/mol. The zero-order valence-corrected chi connectivity index (χ0v) is 23.7. The molecule has 0 aliphatic carbocycles. The van der Waals surface area contributed by atoms with Crippen LogP contribution in [0.5, 0.6) is 11.5 Å². The number of amides is 3. The van der Waals surface area contributed by atoms with Gasteiger partial charge in [0.25, 0.3) is 0 Å². The minimum absolute atomic E-state index is 0.0513. The highest BCUT2D eigenvalue weighted by molar-refractivity contribution is 6.06. The van der Waals surface area contributed by atoms with E-state index in [0.717, 1.165) is 16.7 Å². The van der Waals surface area contributed by atoms with E-state index in [9.17, 15) is 14.4 Å². The van der Waals surface area contributed by atoms with Crippen LogP contribution < -0.4 is 20.7 Å². The van der Waals surface area contributed by atoms with Gasteiger partial charge < -0.3 is 15.2 Å². The van der Waals surface area contributed by atoms with Crippen LogP contribution in [-0.4, -0.2) is 53.2 Å². The molecule has 0 spiro atoms. The summed E-state index contributed by atoms with van der Waals surface area (Å²) in [5.41, 5.74) is 11.3. The van der Waals surface area contributed by atoms with Crippen molar-refractivity contribution in [3.63, 3.8) is 0 Å². The molecule has 3 heterocycles. The first kappa shape index (κ1) is 28.4. The number of ether oxygens (including phenoxy) is 2. The van der Waals surface area contributed by atoms with Crippen molar-refractivity contribution in [2.24, 2.45) is 17.6 Å². The van der Waals surface area contributed by atoms with Crippen LogP contribution in [0.2, 0.25) is 0 Å². The number of hydrogen-bond donors (Lipinski definition) is 3. The number of carbonyl (C=O) groups excluding carboxylic acids is 3. The Morgan fingerprint density at radius 2 is 1.70 bits per heavy atom. The molecule has 3 amide bonds. The molecule has 0 unspecified atom stereocenters. The molecular weight excluding hydrogens is 550 g/mol. The molecule has 4 N–H and O–H groups in total. The number of amidine groups is 1. The van der Waals surface area contributed by atoms with E-state index in [1.807, 2.05) is 60.5 Å². The van der Waals surface area contributed by atoms with Gasteiger partial charge in [-0.05, 0) is 42.3 Å². The number of benzene rings is 3. The van der Waals surface area contributed by atoms with Gasteiger partial charge in [0, 0.05) is 24.1 Å². The average Bonchev–Trinajstić information content (AvgIpc) is 3.66. The number of fused-ring (bicyclic) bond motifs is 2. The first-order valence-corrected chi connectivity index (χ1v) is 14.2. The lowest BCUT2D eigenvalue weighted by atomic mass is 9.85. The second-order valence-electron chi connectivity index (χ2n) is 11.1. The van der Waals surface area contributed by atoms with Gasteiger partial charge in [-0.3, -0.25) is 34.4 Å². The van der Waals surface area contributed by atoms with Crippen LogP contribution in [0.15, 0.2) is 72.8 Å². The van der Waals surface area contributed by atoms with Gasteiger partial charge in [-0.1, -0.05) is 60.7 Å². The zero-order valence-electron chi connectivity index (χ0n) is 23.7. The first-order valence-electron chi connectivity index (χ1n) is 14.2. The van der Waals surface area contributed by atoms with Crippen molar-refractivity contribution in [2.75, 3.05) is 13.8 Å². The number of nitrogens with two attached hydrogens (primary N) is 1. The maximum atomic E-state index is 14.0. The fraction of sp³-hybridized carbons (Fsp3) is 0.312. The molecule has 4 atom stereocenters. The number of carbonyl (C=O) groups is 3. The normalized spacial score (nSPS) is 22.6. The summed E-state index contributed by atoms with van der Waals surface area (Å²) in [7, 11) is 1.89. The highest BCUT2D eigenvalue weighted by Gasteiger charge is 2.61. The van der Waals surface area contributed by atoms with Crippen molar-refractivity contribution >= 4 is 23.6 Å². The third-order valence-corrected chi connectivity index (χ3v) is 8.48. The van der Waals surface area contributed by atoms with Crippen molar-refractivity contribution in [3.8, 4) is 11.5 Å². The van der Waals surface area contributed by atoms with Crippen LogP contribution >= 0.6 is 0 Å². The first-order chi connectivity index (χ1) is 20.8. The van der Waals surface area contributed by atoms with Gasteiger partial charge in [0.2, 0.25) is 24.5 Å². The van der Waals surface area contributed by atoms with E-state index < -0.39 is 17.9 Å². The van der Waals surface area contributed by atoms with E-state index in [1.165, 1.54) is 4.90 Å². The lowest BCUT2D eigenvalue weighted by Gasteiger charge is -2.30. The highest BCUT2D eigenvalue weighted by atomic mass is 16.7. The largest absolute Gasteiger partial charge is 0.454 e. The fourth-order valence-electron chi connectivity index (χ4n) is 6.39. The molecule has 11 nitrogen and oxygen atoms in total. The molecule has 0 radical (unpaired) electrons. The number of likely N-dealkylation sites (tertiary alicyclic amines) is 2. The van der Waals surface area contributed by atoms with Crippen LogP contribution in [0.3, 0.4) is 0 Å². The monoisotopic (exact) mass is 583 g/mol. The molecule has 3 aliphatic rings. The van der Waals surface area contributed by atoms with Gasteiger partial charge in [-0.15, -0.1) is 0 Å². The van der Waals surface area contributed by atoms with E-state index in [1.54, 1.807) is 24.3 Å². The van der Waals surface area contributed by atoms with E-state index >= 15 is 0 Å². The molecule has 0 bridgehead atoms. The van der Waals surface area contributed by atoms with Crippen molar-refractivity contribution in [3.05, 3.63) is 95.1 Å². The maximum absolute atomic E-state index is 14.0. The number of hydroxylamine groups is 1. The Labute approximate surface area is 249 Å². The quantitative estimate of drug-likeness (QED) is 0.143. The summed E-state index contributed by atoms with van der Waals surface area (Å²) in [6, 6.07) is 21.3. The summed E-state index contributed by atoms with van der Waals surface area (Å²) >= 11 is 0. The minimum Gasteiger partial charge on any atom is -0.454 e. The lowest BCUT2D eigenvalue weighted by Crippen LogP contribution is -2.40. The molecule has 6 rings (SSSR count). The number of nitrogen functional groups attached to an aromatic ring is 1. The lowest BCUT2D eigenvalue weighted by molar-refractivity contribution is -0.143. The fourth-order valence-corrected chi connectivity index (χ4v) is 6.39. The summed E-state index contributed by atoms with van der Waals surface area (Å²) in [5, 5.41) is 7.73. The molecule has 2 saturated heterocycles. The van der Waals surface area contributed by atoms with Gasteiger partial charge in [0.1, 0.15) is 5.84 Å². The number of hydrogen-bond acceptors (Lipinski definition) is 8. The van der Waals surface area contributed by atoms with Crippen LogP contribution in [0.4, 0.5) is 0 Å². The van der Waals surface area contributed by atoms with Crippen molar-refractivity contribution in [1.29, 1.82) is 5.41 Å². The summed E-state index contributed by atoms with van der Waals surface area (Å²) in [4.78, 5) is 49.4. The van der Waals surface area contributed by atoms with Gasteiger partial charge >= 0.3 is 0 Å². The van der Waals surface area contributed by atoms with Gasteiger partial charge in [0.15, 0.2) is 11.5 Å². The number of rotatable bonds is 10. The molecule has 3 aliphatic heterocycles. The van der Waals surface area contributed by atoms with Crippen LogP contribution in [0.1, 0.15) is 41.1 Å². The smallest absolute Gasteiger partial charge is 0.243 e. The molecule has 11 heteroatoms. The summed E-state index contributed by atoms with van der Waals surface area (Å²) < 4.78 is 10.9. The minimum atomic E-state index is -0.628. The highest BCUT2D eigenvalue weighted by Crippen LogP contribution is 2.50. The molecule has 3 aromatic rings. The molecule has 43 heavy (non-hydrogen) atoms. The second kappa shape index (κ2) is 11.9. The maximum Gasteiger partial charge on any atom is 0.243 e. The summed E-state index contributed by atoms with van der Waals surface area (Å²) in [6.07, 6.45) is 0.476. The standard InChI is InChI=1S/C32H33N5O6/c1-36-23(12-14-26(38)35-43-17-19-5-3-2-4-6-19)27-28(29(36)21-8-10-22(11-9-21)30(33)34)32(40)37(31(27)39)16-20-7-13-24-25(15-20)42-18-41-24/h2-11,13,15,23,27-29H,12,14,16-18H2,1H3,(H3,33,34)(H,35,38)/t23-,27-,28-,29-/m0/s1. The summed E-state index contributed by atoms with van der Waals surface area (Å²) in [5.74, 6) is -0.904. The predicted octanol–water partition coefficient (Wildman–Crippen LogP) is 2.88. The van der Waals surface area contributed by atoms with Gasteiger partial charge in [0.05, 0.1) is 25.0 Å². The van der Waals surface area contributed by atoms with Crippen LogP contribution in [0, 0.1) is 17.2 Å². The second-order valence-corrected chi connectivity index (χ2v) is 11.1. The van der Waals surface area contributed by atoms with Crippen LogP contribution in [-0.2, 0) is 32.4 Å². The third kappa shape index (κ3) is 5.56. The van der Waals surface area contributed by atoms with Gasteiger partial charge in [-0.2, -0.15) is 0 Å². The number of nitrogens with one attached hydrogen (secondary N) is 2. The van der Waals surface area contributed by atoms with Gasteiger partial charge in [-0.25, -0.2) is 5.48 Å². The van der Waals surface area contributed by atoms with E-state index in [-0.39, 0.29) is 56.0 Å². The van der Waals surface area contributed by atoms with Crippen LogP contribution in [0.25, 0.3) is 0 Å². The van der Waals surface area contributed by atoms with Crippen molar-refractivity contribution < 1.29 is 28.7 Å². The number of imide groups is 1. The Morgan fingerprint density at radius 1 is 0.977 bits per heavy atom. The zero-order chi connectivity index (χ0) is 30.1. The van der Waals surface area contributed by atoms with Crippen molar-refractivity contribution in [1.82, 2.24) is 15.3 Å². The Morgan fingerprint density at radius 3 is 2.44 bits per heavy atom. The molecule has 0 aromatic heterocycles. The topological polar surface area (TPSA) is 147 Å². The number of nitrogens with zero attached hydrogens (tertiary/aromatic N) is 2. The summed E-state index contributed by atoms with van der Waals surface area (Å²) in [6.45, 7) is 0.482. The Kier molecular flexibility index (Phi) is 7.83. The van der Waals surface area contributed by atoms with E-state index in [0.29, 0.717) is 23.5 Å². The van der Waals surface area contributed by atoms with E-state index in [2.05, 4.69) is 5.48 Å². The molecule has 2 fully saturated rings. The van der Waals surface area contributed by atoms with Crippen molar-refractivity contribution in [2.45, 2.75) is 38.1 Å². The molecular formula is C32H33N5O6. The average molecular weight is 584 g/mol. The SMILES string of the molecule is CN1[C@@H](CCC(=O)NOCc2ccccc2)[C@@H]2C(=O)N(Cc3ccc4c(c3)OCO4)C(=O)[C@@H]2[C@@H]1c1ccc(C(=N)N)cc1. The molecule has 3 aromatic carbocycles. The Bertz CT molecular complexity index is 1550. The van der Waals surface area contributed by atoms with E-state index in [4.69, 9.17) is 25.5 Å². The molecule has 0 saturated carbocycles. The molecule has 222 valence electrons. The Hall–Kier alpha value is -4.74. The third-order valence-electron chi connectivity index (χ3n) is 8.48.